The summed E-state index contributed by atoms with van der Waals surface area (Å²) in [5.41, 5.74) is 10.5. The summed E-state index contributed by atoms with van der Waals surface area (Å²) >= 11 is 0. The van der Waals surface area contributed by atoms with Gasteiger partial charge in [-0.3, -0.25) is 0 Å². The molecule has 0 aromatic carbocycles. The van der Waals surface area contributed by atoms with Crippen LogP contribution >= 0.6 is 0 Å². The number of hydrogen-bond donors (Lipinski definition) is 0. The minimum Gasteiger partial charge on any atom is -0.0856 e. The predicted octanol–water partition coefficient (Wildman–Crippen LogP) is 12.9. The summed E-state index contributed by atoms with van der Waals surface area (Å²) in [5, 5.41) is 0. The van der Waals surface area contributed by atoms with Gasteiger partial charge in [0.2, 0.25) is 0 Å². The van der Waals surface area contributed by atoms with Crippen molar-refractivity contribution in [1.82, 2.24) is 0 Å². The molecule has 0 radical (unpaired) electrons. The van der Waals surface area contributed by atoms with E-state index in [0.717, 1.165) is 25.7 Å². The third-order valence-corrected chi connectivity index (χ3v) is 5.93. The van der Waals surface area contributed by atoms with E-state index < -0.39 is 0 Å². The lowest BCUT2D eigenvalue weighted by molar-refractivity contribution is 0.967. The van der Waals surface area contributed by atoms with Gasteiger partial charge >= 0.3 is 0 Å². The lowest BCUT2D eigenvalue weighted by Crippen LogP contribution is -1.76. The van der Waals surface area contributed by atoms with E-state index in [9.17, 15) is 0 Å². The molecule has 0 rings (SSSR count). The highest BCUT2D eigenvalue weighted by Gasteiger charge is 1.88. The Morgan fingerprint density at radius 3 is 0.925 bits per heavy atom. The molecule has 0 amide bonds. The largest absolute Gasteiger partial charge is 0.0856 e. The van der Waals surface area contributed by atoms with Crippen LogP contribution in [-0.4, -0.2) is 0 Å². The Morgan fingerprint density at radius 2 is 0.625 bits per heavy atom. The van der Waals surface area contributed by atoms with Gasteiger partial charge in [-0.05, 0) is 94.9 Å². The molecule has 0 bridgehead atoms. The Labute approximate surface area is 248 Å². The zero-order chi connectivity index (χ0) is 30.2. The molecule has 0 aromatic heterocycles. The molecule has 0 aliphatic heterocycles. The van der Waals surface area contributed by atoms with Gasteiger partial charge in [0.15, 0.2) is 0 Å². The van der Waals surface area contributed by atoms with Crippen molar-refractivity contribution >= 4 is 0 Å². The minimum absolute atomic E-state index is 1.12. The second kappa shape index (κ2) is 23.5. The topological polar surface area (TPSA) is 0 Å². The number of allylic oxidation sites excluding steroid dienone is 26. The maximum absolute atomic E-state index is 2.30. The number of hydrogen-bond acceptors (Lipinski definition) is 0. The quantitative estimate of drug-likeness (QED) is 0.136. The van der Waals surface area contributed by atoms with Gasteiger partial charge in [0.05, 0.1) is 0 Å². The monoisotopic (exact) mass is 536 g/mol. The SMILES string of the molecule is CC(C)=CCC/C(C)=C/C=CC(C)=CC=CC(C)=CC=CC=C(C)C=CC=C(C)C=C/C=C(\C)CCC=C(C)C. The third-order valence-electron chi connectivity index (χ3n) is 5.93. The van der Waals surface area contributed by atoms with Gasteiger partial charge in [-0.25, -0.2) is 0 Å². The first kappa shape index (κ1) is 36.6. The van der Waals surface area contributed by atoms with Crippen LogP contribution in [0.15, 0.2) is 154 Å². The third kappa shape index (κ3) is 24.9. The van der Waals surface area contributed by atoms with Crippen molar-refractivity contribution in [2.45, 2.75) is 94.9 Å². The molecule has 216 valence electrons. The first-order valence-electron chi connectivity index (χ1n) is 14.7. The van der Waals surface area contributed by atoms with Crippen LogP contribution < -0.4 is 0 Å². The van der Waals surface area contributed by atoms with E-state index in [1.807, 2.05) is 0 Å². The number of rotatable bonds is 16. The second-order valence-corrected chi connectivity index (χ2v) is 11.1. The summed E-state index contributed by atoms with van der Waals surface area (Å²) in [5.74, 6) is 0. The molecule has 0 spiro atoms. The molecular formula is C40H56. The van der Waals surface area contributed by atoms with E-state index in [4.69, 9.17) is 0 Å². The molecule has 0 nitrogen and oxygen atoms in total. The summed E-state index contributed by atoms with van der Waals surface area (Å²) in [7, 11) is 0. The molecule has 40 heavy (non-hydrogen) atoms. The Bertz CT molecular complexity index is 1050. The average Bonchev–Trinajstić information content (AvgIpc) is 2.86. The molecule has 0 atom stereocenters. The highest BCUT2D eigenvalue weighted by atomic mass is 13.9. The second-order valence-electron chi connectivity index (χ2n) is 11.1. The van der Waals surface area contributed by atoms with Gasteiger partial charge in [-0.15, -0.1) is 0 Å². The lowest BCUT2D eigenvalue weighted by Gasteiger charge is -1.96. The molecule has 0 aromatic rings. The van der Waals surface area contributed by atoms with Gasteiger partial charge < -0.3 is 0 Å². The molecule has 0 saturated heterocycles. The summed E-state index contributed by atoms with van der Waals surface area (Å²) < 4.78 is 0. The van der Waals surface area contributed by atoms with Crippen LogP contribution in [0.5, 0.6) is 0 Å². The summed E-state index contributed by atoms with van der Waals surface area (Å²) in [6.45, 7) is 21.5. The standard InChI is InChI=1S/C40H56/c1-33(2)19-13-23-37(7)27-17-31-39(9)29-15-25-35(5)21-11-12-22-36(6)26-16-30-40(10)32-18-28-38(8)24-14-20-34(3)4/h11-12,15-22,25-32H,13-14,23-24H2,1-10H3/b12-11?,25-15?,26-16?,31-17?,32-18?,35-21?,36-22?,37-27+,38-28+,39-29?,40-30?. The Hall–Kier alpha value is -3.38. The maximum atomic E-state index is 2.30. The average molecular weight is 537 g/mol. The molecule has 0 heterocycles. The molecule has 0 saturated carbocycles. The molecule has 0 heteroatoms. The van der Waals surface area contributed by atoms with Gasteiger partial charge in [0.1, 0.15) is 0 Å². The molecule has 0 aliphatic rings. The molecule has 0 N–H and O–H groups in total. The van der Waals surface area contributed by atoms with Crippen LogP contribution in [0.2, 0.25) is 0 Å². The van der Waals surface area contributed by atoms with Crippen molar-refractivity contribution < 1.29 is 0 Å². The van der Waals surface area contributed by atoms with Crippen molar-refractivity contribution in [2.24, 2.45) is 0 Å². The molecule has 0 aliphatic carbocycles. The van der Waals surface area contributed by atoms with E-state index in [1.54, 1.807) is 0 Å². The minimum atomic E-state index is 1.12. The fraction of sp³-hybridized carbons (Fsp3) is 0.350. The van der Waals surface area contributed by atoms with Gasteiger partial charge in [0.25, 0.3) is 0 Å². The van der Waals surface area contributed by atoms with Crippen LogP contribution in [0.3, 0.4) is 0 Å². The van der Waals surface area contributed by atoms with Crippen LogP contribution in [-0.2, 0) is 0 Å². The summed E-state index contributed by atoms with van der Waals surface area (Å²) in [6.07, 6.45) is 43.3. The molecule has 0 unspecified atom stereocenters. The predicted molar refractivity (Wildman–Crippen MR) is 186 cm³/mol. The van der Waals surface area contributed by atoms with Crippen LogP contribution in [0.1, 0.15) is 94.9 Å². The van der Waals surface area contributed by atoms with Gasteiger partial charge in [-0.1, -0.05) is 154 Å². The summed E-state index contributed by atoms with van der Waals surface area (Å²) in [4.78, 5) is 0. The maximum Gasteiger partial charge on any atom is -0.0285 e. The van der Waals surface area contributed by atoms with Crippen LogP contribution in [0, 0.1) is 0 Å². The van der Waals surface area contributed by atoms with Crippen molar-refractivity contribution in [2.75, 3.05) is 0 Å². The smallest absolute Gasteiger partial charge is 0.0285 e. The van der Waals surface area contributed by atoms with E-state index in [0.29, 0.717) is 0 Å². The van der Waals surface area contributed by atoms with E-state index in [-0.39, 0.29) is 0 Å². The first-order valence-corrected chi connectivity index (χ1v) is 14.7. The fourth-order valence-electron chi connectivity index (χ4n) is 3.41. The normalized spacial score (nSPS) is 15.1. The Kier molecular flexibility index (Phi) is 21.5. The highest BCUT2D eigenvalue weighted by molar-refractivity contribution is 5.32. The van der Waals surface area contributed by atoms with E-state index in [1.165, 1.54) is 44.6 Å². The van der Waals surface area contributed by atoms with Gasteiger partial charge in [0, 0.05) is 0 Å². The van der Waals surface area contributed by atoms with E-state index in [2.05, 4.69) is 179 Å². The van der Waals surface area contributed by atoms with Crippen molar-refractivity contribution in [3.63, 3.8) is 0 Å². The molecule has 0 fully saturated rings. The van der Waals surface area contributed by atoms with Crippen molar-refractivity contribution in [3.05, 3.63) is 154 Å². The van der Waals surface area contributed by atoms with Crippen molar-refractivity contribution in [3.8, 4) is 0 Å². The van der Waals surface area contributed by atoms with Crippen LogP contribution in [0.25, 0.3) is 0 Å². The van der Waals surface area contributed by atoms with Gasteiger partial charge in [-0.2, -0.15) is 0 Å². The first-order chi connectivity index (χ1) is 19.0. The highest BCUT2D eigenvalue weighted by Crippen LogP contribution is 2.09. The zero-order valence-corrected chi connectivity index (χ0v) is 27.2. The Balaban J connectivity index is 4.70. The summed E-state index contributed by atoms with van der Waals surface area (Å²) in [6, 6.07) is 0. The zero-order valence-electron chi connectivity index (χ0n) is 27.2. The fourth-order valence-corrected chi connectivity index (χ4v) is 3.41. The van der Waals surface area contributed by atoms with E-state index >= 15 is 0 Å². The lowest BCUT2D eigenvalue weighted by atomic mass is 10.1. The molecular weight excluding hydrogens is 480 g/mol. The van der Waals surface area contributed by atoms with Crippen molar-refractivity contribution in [1.29, 1.82) is 0 Å². The Morgan fingerprint density at radius 1 is 0.350 bits per heavy atom. The van der Waals surface area contributed by atoms with Crippen LogP contribution in [0.4, 0.5) is 0 Å².